The molecular weight excluding hydrogens is 533 g/mol. The average molecular weight is 578 g/mol. The summed E-state index contributed by atoms with van der Waals surface area (Å²) in [6, 6.07) is 0.228. The van der Waals surface area contributed by atoms with Crippen LogP contribution in [-0.2, 0) is 9.53 Å². The summed E-state index contributed by atoms with van der Waals surface area (Å²) in [6.45, 7) is 13.7. The molecule has 9 heteroatoms. The summed E-state index contributed by atoms with van der Waals surface area (Å²) < 4.78 is 5.72. The van der Waals surface area contributed by atoms with Crippen LogP contribution in [0, 0.1) is 5.92 Å². The fourth-order valence-corrected chi connectivity index (χ4v) is 4.47. The summed E-state index contributed by atoms with van der Waals surface area (Å²) in [5, 5.41) is 3.42. The lowest BCUT2D eigenvalue weighted by Gasteiger charge is -2.40. The molecule has 0 spiro atoms. The quantitative estimate of drug-likeness (QED) is 0.206. The first-order valence-electron chi connectivity index (χ1n) is 12.6. The molecule has 2 heterocycles. The van der Waals surface area contributed by atoms with E-state index in [1.807, 2.05) is 30.6 Å². The van der Waals surface area contributed by atoms with Gasteiger partial charge in [-0.15, -0.1) is 24.0 Å². The molecule has 3 aliphatic rings. The molecule has 33 heavy (non-hydrogen) atoms. The molecule has 190 valence electrons. The maximum atomic E-state index is 12.9. The zero-order valence-corrected chi connectivity index (χ0v) is 23.3. The van der Waals surface area contributed by atoms with Crippen molar-refractivity contribution in [2.24, 2.45) is 10.9 Å². The number of carbonyl (C=O) groups is 2. The topological polar surface area (TPSA) is 77.5 Å². The van der Waals surface area contributed by atoms with Crippen LogP contribution in [0.1, 0.15) is 72.6 Å². The van der Waals surface area contributed by atoms with E-state index in [9.17, 15) is 9.59 Å². The molecule has 0 unspecified atom stereocenters. The van der Waals surface area contributed by atoms with Crippen molar-refractivity contribution in [3.05, 3.63) is 0 Å². The first-order valence-corrected chi connectivity index (χ1v) is 12.6. The first-order chi connectivity index (χ1) is 15.3. The van der Waals surface area contributed by atoms with E-state index in [0.29, 0.717) is 12.3 Å². The predicted molar refractivity (Wildman–Crippen MR) is 142 cm³/mol. The van der Waals surface area contributed by atoms with E-state index in [1.54, 1.807) is 0 Å². The van der Waals surface area contributed by atoms with Gasteiger partial charge in [0.15, 0.2) is 5.96 Å². The predicted octanol–water partition coefficient (Wildman–Crippen LogP) is 3.69. The zero-order chi connectivity index (χ0) is 23.1. The monoisotopic (exact) mass is 577 g/mol. The van der Waals surface area contributed by atoms with Crippen LogP contribution in [0.3, 0.4) is 0 Å². The lowest BCUT2D eigenvalue weighted by Crippen LogP contribution is -2.52. The Morgan fingerprint density at radius 1 is 1.18 bits per heavy atom. The maximum absolute atomic E-state index is 12.9. The number of amides is 2. The number of likely N-dealkylation sites (tertiary alicyclic amines) is 2. The molecule has 3 fully saturated rings. The fraction of sp³-hybridized carbons (Fsp3) is 0.875. The van der Waals surface area contributed by atoms with E-state index in [4.69, 9.17) is 9.73 Å². The number of piperidine rings is 1. The lowest BCUT2D eigenvalue weighted by atomic mass is 10.0. The van der Waals surface area contributed by atoms with Crippen molar-refractivity contribution in [1.82, 2.24) is 20.0 Å². The van der Waals surface area contributed by atoms with E-state index in [2.05, 4.69) is 17.1 Å². The van der Waals surface area contributed by atoms with Gasteiger partial charge in [-0.1, -0.05) is 0 Å². The Labute approximate surface area is 216 Å². The van der Waals surface area contributed by atoms with Gasteiger partial charge in [-0.2, -0.15) is 0 Å². The van der Waals surface area contributed by atoms with Gasteiger partial charge in [0.1, 0.15) is 5.60 Å². The van der Waals surface area contributed by atoms with Crippen LogP contribution < -0.4 is 5.32 Å². The number of aliphatic imine (C=N–C) groups is 1. The van der Waals surface area contributed by atoms with E-state index in [0.717, 1.165) is 77.5 Å². The Morgan fingerprint density at radius 2 is 1.88 bits per heavy atom. The van der Waals surface area contributed by atoms with Gasteiger partial charge in [0, 0.05) is 58.3 Å². The van der Waals surface area contributed by atoms with E-state index in [-0.39, 0.29) is 42.0 Å². The molecule has 0 atom stereocenters. The maximum Gasteiger partial charge on any atom is 0.410 e. The standard InChI is InChI=1S/C24H43N5O3.HI/c1-5-25-22(26-13-7-15-27-14-6-8-21(27)30)28-16-11-20(12-17-28)29(18-19-9-10-19)23(31)32-24(2,3)4;/h19-20H,5-18H2,1-4H3,(H,25,26);1H. The van der Waals surface area contributed by atoms with E-state index in [1.165, 1.54) is 12.8 Å². The van der Waals surface area contributed by atoms with Crippen molar-refractivity contribution >= 4 is 41.9 Å². The summed E-state index contributed by atoms with van der Waals surface area (Å²) in [5.41, 5.74) is -0.468. The van der Waals surface area contributed by atoms with Crippen LogP contribution >= 0.6 is 24.0 Å². The van der Waals surface area contributed by atoms with Crippen LogP contribution in [0.5, 0.6) is 0 Å². The second kappa shape index (κ2) is 13.0. The fourth-order valence-electron chi connectivity index (χ4n) is 4.47. The van der Waals surface area contributed by atoms with Gasteiger partial charge in [0.25, 0.3) is 0 Å². The highest BCUT2D eigenvalue weighted by Crippen LogP contribution is 2.32. The van der Waals surface area contributed by atoms with Gasteiger partial charge >= 0.3 is 6.09 Å². The van der Waals surface area contributed by atoms with Crippen molar-refractivity contribution in [1.29, 1.82) is 0 Å². The summed E-state index contributed by atoms with van der Waals surface area (Å²) >= 11 is 0. The minimum atomic E-state index is -0.468. The van der Waals surface area contributed by atoms with Crippen LogP contribution in [0.25, 0.3) is 0 Å². The number of hydrogen-bond donors (Lipinski definition) is 1. The summed E-state index contributed by atoms with van der Waals surface area (Å²) in [7, 11) is 0. The molecule has 2 aliphatic heterocycles. The molecule has 1 aliphatic carbocycles. The van der Waals surface area contributed by atoms with Crippen LogP contribution in [0.2, 0.25) is 0 Å². The van der Waals surface area contributed by atoms with Crippen LogP contribution in [-0.4, -0.2) is 90.1 Å². The summed E-state index contributed by atoms with van der Waals surface area (Å²) in [6.07, 6.45) is 6.71. The minimum Gasteiger partial charge on any atom is -0.444 e. The second-order valence-electron chi connectivity index (χ2n) is 10.4. The molecule has 1 saturated carbocycles. The molecule has 0 radical (unpaired) electrons. The minimum absolute atomic E-state index is 0. The third kappa shape index (κ3) is 9.13. The number of carbonyl (C=O) groups excluding carboxylic acids is 2. The van der Waals surface area contributed by atoms with Crippen molar-refractivity contribution in [2.75, 3.05) is 45.8 Å². The number of guanidine groups is 1. The highest BCUT2D eigenvalue weighted by atomic mass is 127. The highest BCUT2D eigenvalue weighted by Gasteiger charge is 2.35. The molecule has 2 saturated heterocycles. The second-order valence-corrected chi connectivity index (χ2v) is 10.4. The molecule has 1 N–H and O–H groups in total. The van der Waals surface area contributed by atoms with Crippen molar-refractivity contribution < 1.29 is 14.3 Å². The van der Waals surface area contributed by atoms with Gasteiger partial charge in [0.05, 0.1) is 0 Å². The number of nitrogens with one attached hydrogen (secondary N) is 1. The molecule has 0 aromatic rings. The third-order valence-corrected chi connectivity index (χ3v) is 6.34. The Morgan fingerprint density at radius 3 is 2.42 bits per heavy atom. The largest absolute Gasteiger partial charge is 0.444 e. The highest BCUT2D eigenvalue weighted by molar-refractivity contribution is 14.0. The van der Waals surface area contributed by atoms with Crippen molar-refractivity contribution in [3.63, 3.8) is 0 Å². The number of ether oxygens (including phenoxy) is 1. The zero-order valence-electron chi connectivity index (χ0n) is 21.0. The Hall–Kier alpha value is -1.26. The van der Waals surface area contributed by atoms with Gasteiger partial charge in [0.2, 0.25) is 5.91 Å². The molecule has 3 rings (SSSR count). The number of halogens is 1. The normalized spacial score (nSPS) is 20.0. The van der Waals surface area contributed by atoms with Gasteiger partial charge < -0.3 is 24.8 Å². The molecule has 0 aromatic carbocycles. The van der Waals surface area contributed by atoms with Crippen molar-refractivity contribution in [2.45, 2.75) is 84.3 Å². The smallest absolute Gasteiger partial charge is 0.410 e. The average Bonchev–Trinajstić information content (AvgIpc) is 3.47. The summed E-state index contributed by atoms with van der Waals surface area (Å²) in [5.74, 6) is 1.87. The Kier molecular flexibility index (Phi) is 11.0. The van der Waals surface area contributed by atoms with Gasteiger partial charge in [-0.25, -0.2) is 4.79 Å². The Balaban J connectivity index is 0.00000385. The van der Waals surface area contributed by atoms with Gasteiger partial charge in [-0.05, 0) is 72.1 Å². The molecule has 2 amide bonds. The number of hydrogen-bond acceptors (Lipinski definition) is 4. The molecule has 8 nitrogen and oxygen atoms in total. The van der Waals surface area contributed by atoms with E-state index < -0.39 is 5.60 Å². The van der Waals surface area contributed by atoms with E-state index >= 15 is 0 Å². The Bertz CT molecular complexity index is 670. The van der Waals surface area contributed by atoms with Crippen LogP contribution in [0.15, 0.2) is 4.99 Å². The molecular formula is C24H44IN5O3. The SMILES string of the molecule is CCNC(=NCCCN1CCCC1=O)N1CCC(N(CC2CC2)C(=O)OC(C)(C)C)CC1.I. The molecule has 0 bridgehead atoms. The van der Waals surface area contributed by atoms with Crippen LogP contribution in [0.4, 0.5) is 4.79 Å². The summed E-state index contributed by atoms with van der Waals surface area (Å²) in [4.78, 5) is 35.7. The molecule has 0 aromatic heterocycles. The third-order valence-electron chi connectivity index (χ3n) is 6.34. The lowest BCUT2D eigenvalue weighted by molar-refractivity contribution is -0.127. The number of nitrogens with zero attached hydrogens (tertiary/aromatic N) is 4. The van der Waals surface area contributed by atoms with Crippen molar-refractivity contribution in [3.8, 4) is 0 Å². The van der Waals surface area contributed by atoms with Gasteiger partial charge in [-0.3, -0.25) is 9.79 Å². The first kappa shape index (κ1) is 28.0. The number of rotatable bonds is 8.